The van der Waals surface area contributed by atoms with Crippen LogP contribution in [0.15, 0.2) is 29.1 Å². The Morgan fingerprint density at radius 3 is 2.57 bits per heavy atom. The van der Waals surface area contributed by atoms with Gasteiger partial charge in [-0.2, -0.15) is 5.10 Å². The lowest BCUT2D eigenvalue weighted by molar-refractivity contribution is 0.0767. The fourth-order valence-corrected chi connectivity index (χ4v) is 3.33. The molecule has 1 aromatic heterocycles. The Morgan fingerprint density at radius 1 is 1.22 bits per heavy atom. The normalized spacial score (nSPS) is 18.4. The van der Waals surface area contributed by atoms with Crippen molar-refractivity contribution in [3.63, 3.8) is 0 Å². The van der Waals surface area contributed by atoms with Crippen LogP contribution in [-0.2, 0) is 6.54 Å². The summed E-state index contributed by atoms with van der Waals surface area (Å²) in [6.45, 7) is 7.07. The number of hydrogen-bond acceptors (Lipinski definition) is 4. The maximum Gasteiger partial charge on any atom is 0.274 e. The zero-order valence-electron chi connectivity index (χ0n) is 13.9. The highest BCUT2D eigenvalue weighted by Gasteiger charge is 2.19. The number of aliphatic hydroxyl groups excluding tert-OH is 1. The zero-order valence-corrected chi connectivity index (χ0v) is 13.9. The van der Waals surface area contributed by atoms with E-state index in [2.05, 4.69) is 16.9 Å². The summed E-state index contributed by atoms with van der Waals surface area (Å²) in [5.74, 6) is 0.774. The van der Waals surface area contributed by atoms with Crippen LogP contribution in [0.3, 0.4) is 0 Å². The summed E-state index contributed by atoms with van der Waals surface area (Å²) in [4.78, 5) is 14.8. The molecule has 2 aromatic rings. The molecule has 0 spiro atoms. The average Bonchev–Trinajstić information content (AvgIpc) is 2.54. The number of aromatic nitrogens is 2. The molecule has 1 atom stereocenters. The second-order valence-electron chi connectivity index (χ2n) is 6.76. The number of nitrogens with zero attached hydrogens (tertiary/aromatic N) is 3. The Kier molecular flexibility index (Phi) is 4.78. The van der Waals surface area contributed by atoms with Crippen LogP contribution >= 0.6 is 0 Å². The Balaban J connectivity index is 1.73. The first-order chi connectivity index (χ1) is 11.0. The Morgan fingerprint density at radius 2 is 1.87 bits per heavy atom. The highest BCUT2D eigenvalue weighted by atomic mass is 16.3. The quantitative estimate of drug-likeness (QED) is 0.935. The minimum atomic E-state index is -0.575. The Labute approximate surface area is 136 Å². The second-order valence-corrected chi connectivity index (χ2v) is 6.76. The van der Waals surface area contributed by atoms with Crippen LogP contribution in [0.4, 0.5) is 0 Å². The minimum Gasteiger partial charge on any atom is -0.390 e. The molecule has 1 aromatic carbocycles. The SMILES string of the molecule is Cc1nn(CC(O)CN2CCC(C)CC2)c(=O)c2ccccc12. The van der Waals surface area contributed by atoms with E-state index in [4.69, 9.17) is 0 Å². The van der Waals surface area contributed by atoms with Gasteiger partial charge in [-0.25, -0.2) is 4.68 Å². The lowest BCUT2D eigenvalue weighted by Gasteiger charge is -2.31. The predicted molar refractivity (Wildman–Crippen MR) is 91.6 cm³/mol. The third kappa shape index (κ3) is 3.62. The van der Waals surface area contributed by atoms with Crippen molar-refractivity contribution in [1.29, 1.82) is 0 Å². The lowest BCUT2D eigenvalue weighted by atomic mass is 9.99. The topological polar surface area (TPSA) is 58.4 Å². The minimum absolute atomic E-state index is 0.127. The van der Waals surface area contributed by atoms with E-state index in [0.29, 0.717) is 11.9 Å². The van der Waals surface area contributed by atoms with E-state index in [-0.39, 0.29) is 12.1 Å². The van der Waals surface area contributed by atoms with Crippen molar-refractivity contribution in [2.24, 2.45) is 5.92 Å². The van der Waals surface area contributed by atoms with Crippen molar-refractivity contribution in [3.8, 4) is 0 Å². The first-order valence-corrected chi connectivity index (χ1v) is 8.41. The van der Waals surface area contributed by atoms with Crippen LogP contribution in [0.5, 0.6) is 0 Å². The number of β-amino-alcohol motifs (C(OH)–C–C–N with tert-alkyl or cyclic N) is 1. The predicted octanol–water partition coefficient (Wildman–Crippen LogP) is 1.80. The molecular weight excluding hydrogens is 290 g/mol. The summed E-state index contributed by atoms with van der Waals surface area (Å²) in [5, 5.41) is 16.3. The zero-order chi connectivity index (χ0) is 16.4. The molecule has 0 amide bonds. The molecule has 0 saturated carbocycles. The van der Waals surface area contributed by atoms with Crippen molar-refractivity contribution < 1.29 is 5.11 Å². The summed E-state index contributed by atoms with van der Waals surface area (Å²) in [5.41, 5.74) is 0.691. The largest absolute Gasteiger partial charge is 0.390 e. The Hall–Kier alpha value is -1.72. The first-order valence-electron chi connectivity index (χ1n) is 8.41. The molecule has 124 valence electrons. The molecule has 1 unspecified atom stereocenters. The van der Waals surface area contributed by atoms with Gasteiger partial charge >= 0.3 is 0 Å². The number of aliphatic hydroxyl groups is 1. The van der Waals surface area contributed by atoms with Crippen molar-refractivity contribution in [1.82, 2.24) is 14.7 Å². The van der Waals surface area contributed by atoms with Crippen LogP contribution < -0.4 is 5.56 Å². The van der Waals surface area contributed by atoms with Gasteiger partial charge in [-0.15, -0.1) is 0 Å². The summed E-state index contributed by atoms with van der Waals surface area (Å²) < 4.78 is 1.41. The van der Waals surface area contributed by atoms with E-state index in [9.17, 15) is 9.90 Å². The molecule has 1 N–H and O–H groups in total. The van der Waals surface area contributed by atoms with Crippen molar-refractivity contribution in [3.05, 3.63) is 40.3 Å². The van der Waals surface area contributed by atoms with Gasteiger partial charge in [0.2, 0.25) is 0 Å². The van der Waals surface area contributed by atoms with E-state index in [1.54, 1.807) is 0 Å². The van der Waals surface area contributed by atoms with Gasteiger partial charge < -0.3 is 10.0 Å². The smallest absolute Gasteiger partial charge is 0.274 e. The van der Waals surface area contributed by atoms with Gasteiger partial charge in [0.15, 0.2) is 0 Å². The van der Waals surface area contributed by atoms with Gasteiger partial charge in [0.1, 0.15) is 0 Å². The maximum absolute atomic E-state index is 12.5. The number of hydrogen-bond donors (Lipinski definition) is 1. The summed E-state index contributed by atoms with van der Waals surface area (Å²) >= 11 is 0. The van der Waals surface area contributed by atoms with Gasteiger partial charge in [-0.1, -0.05) is 25.1 Å². The van der Waals surface area contributed by atoms with Gasteiger partial charge in [-0.05, 0) is 44.8 Å². The molecule has 0 bridgehead atoms. The van der Waals surface area contributed by atoms with Crippen LogP contribution in [0.1, 0.15) is 25.5 Å². The molecule has 5 heteroatoms. The molecule has 5 nitrogen and oxygen atoms in total. The standard InChI is InChI=1S/C18H25N3O2/c1-13-7-9-20(10-8-13)11-15(22)12-21-18(23)17-6-4-3-5-16(17)14(2)19-21/h3-6,13,15,22H,7-12H2,1-2H3. The van der Waals surface area contributed by atoms with Gasteiger partial charge in [0.25, 0.3) is 5.56 Å². The first kappa shape index (κ1) is 16.1. The fourth-order valence-electron chi connectivity index (χ4n) is 3.33. The number of benzene rings is 1. The Bertz CT molecular complexity index is 733. The number of aryl methyl sites for hydroxylation is 1. The highest BCUT2D eigenvalue weighted by molar-refractivity contribution is 5.83. The number of rotatable bonds is 4. The van der Waals surface area contributed by atoms with Gasteiger partial charge in [-0.3, -0.25) is 4.79 Å². The van der Waals surface area contributed by atoms with Crippen LogP contribution in [-0.4, -0.2) is 45.5 Å². The van der Waals surface area contributed by atoms with Crippen LogP contribution in [0.25, 0.3) is 10.8 Å². The molecule has 1 aliphatic heterocycles. The van der Waals surface area contributed by atoms with E-state index < -0.39 is 6.10 Å². The molecule has 1 fully saturated rings. The van der Waals surface area contributed by atoms with Crippen LogP contribution in [0, 0.1) is 12.8 Å². The summed E-state index contributed by atoms with van der Waals surface area (Å²) in [6, 6.07) is 7.50. The van der Waals surface area contributed by atoms with E-state index in [1.807, 2.05) is 31.2 Å². The number of fused-ring (bicyclic) bond motifs is 1. The number of likely N-dealkylation sites (tertiary alicyclic amines) is 1. The molecule has 1 aliphatic rings. The van der Waals surface area contributed by atoms with E-state index >= 15 is 0 Å². The molecule has 2 heterocycles. The van der Waals surface area contributed by atoms with Crippen molar-refractivity contribution in [2.45, 2.75) is 39.3 Å². The van der Waals surface area contributed by atoms with Crippen molar-refractivity contribution in [2.75, 3.05) is 19.6 Å². The van der Waals surface area contributed by atoms with Crippen LogP contribution in [0.2, 0.25) is 0 Å². The molecule has 23 heavy (non-hydrogen) atoms. The third-order valence-corrected chi connectivity index (χ3v) is 4.78. The number of piperidine rings is 1. The average molecular weight is 315 g/mol. The molecule has 1 saturated heterocycles. The lowest BCUT2D eigenvalue weighted by Crippen LogP contribution is -2.41. The highest BCUT2D eigenvalue weighted by Crippen LogP contribution is 2.16. The molecular formula is C18H25N3O2. The van der Waals surface area contributed by atoms with E-state index in [0.717, 1.165) is 30.1 Å². The summed E-state index contributed by atoms with van der Waals surface area (Å²) in [7, 11) is 0. The van der Waals surface area contributed by atoms with E-state index in [1.165, 1.54) is 17.5 Å². The van der Waals surface area contributed by atoms with Gasteiger partial charge in [0, 0.05) is 11.9 Å². The molecule has 0 radical (unpaired) electrons. The maximum atomic E-state index is 12.5. The summed E-state index contributed by atoms with van der Waals surface area (Å²) in [6.07, 6.45) is 1.79. The van der Waals surface area contributed by atoms with Crippen molar-refractivity contribution >= 4 is 10.8 Å². The fraction of sp³-hybridized carbons (Fsp3) is 0.556. The van der Waals surface area contributed by atoms with Gasteiger partial charge in [0.05, 0.1) is 23.7 Å². The second kappa shape index (κ2) is 6.81. The third-order valence-electron chi connectivity index (χ3n) is 4.78. The molecule has 3 rings (SSSR count). The molecule has 0 aliphatic carbocycles. The monoisotopic (exact) mass is 315 g/mol.